The number of para-hydroxylation sites is 1. The fourth-order valence-corrected chi connectivity index (χ4v) is 2.04. The SMILES string of the molecule is CNC(=O)C(=NOC)c1ccccc1Oc1cccc(C(F)(F)F)c1. The van der Waals surface area contributed by atoms with Crippen molar-refractivity contribution in [1.82, 2.24) is 5.32 Å². The number of carbonyl (C=O) groups excluding carboxylic acids is 1. The number of oxime groups is 1. The van der Waals surface area contributed by atoms with Gasteiger partial charge in [0.25, 0.3) is 5.91 Å². The number of hydrogen-bond acceptors (Lipinski definition) is 4. The third-order valence-corrected chi connectivity index (χ3v) is 3.16. The number of halogens is 3. The highest BCUT2D eigenvalue weighted by Gasteiger charge is 2.30. The minimum Gasteiger partial charge on any atom is -0.457 e. The van der Waals surface area contributed by atoms with Crippen LogP contribution in [0.3, 0.4) is 0 Å². The molecule has 0 fully saturated rings. The maximum Gasteiger partial charge on any atom is 0.416 e. The van der Waals surface area contributed by atoms with Crippen molar-refractivity contribution in [2.75, 3.05) is 14.2 Å². The van der Waals surface area contributed by atoms with Gasteiger partial charge in [0.1, 0.15) is 18.6 Å². The van der Waals surface area contributed by atoms with Crippen molar-refractivity contribution in [1.29, 1.82) is 0 Å². The second-order valence-electron chi connectivity index (χ2n) is 4.83. The first-order chi connectivity index (χ1) is 11.9. The standard InChI is InChI=1S/C17H15F3N2O3/c1-21-16(23)15(22-24-2)13-8-3-4-9-14(13)25-12-7-5-6-11(10-12)17(18,19)20/h3-10H,1-2H3,(H,21,23). The molecule has 1 N–H and O–H groups in total. The molecule has 0 unspecified atom stereocenters. The smallest absolute Gasteiger partial charge is 0.416 e. The largest absolute Gasteiger partial charge is 0.457 e. The van der Waals surface area contributed by atoms with Crippen molar-refractivity contribution < 1.29 is 27.5 Å². The van der Waals surface area contributed by atoms with Gasteiger partial charge in [0.05, 0.1) is 11.1 Å². The van der Waals surface area contributed by atoms with Crippen LogP contribution in [0.15, 0.2) is 53.7 Å². The highest BCUT2D eigenvalue weighted by Crippen LogP contribution is 2.33. The molecule has 0 bridgehead atoms. The summed E-state index contributed by atoms with van der Waals surface area (Å²) in [7, 11) is 2.70. The highest BCUT2D eigenvalue weighted by molar-refractivity contribution is 6.45. The summed E-state index contributed by atoms with van der Waals surface area (Å²) in [4.78, 5) is 16.6. The average Bonchev–Trinajstić information content (AvgIpc) is 2.59. The summed E-state index contributed by atoms with van der Waals surface area (Å²) in [6.45, 7) is 0. The Hall–Kier alpha value is -3.03. The second kappa shape index (κ2) is 7.69. The Bertz CT molecular complexity index is 789. The van der Waals surface area contributed by atoms with Crippen molar-refractivity contribution in [3.05, 3.63) is 59.7 Å². The molecule has 0 saturated heterocycles. The summed E-state index contributed by atoms with van der Waals surface area (Å²) in [6.07, 6.45) is -4.48. The molecule has 1 amide bonds. The molecule has 0 heterocycles. The zero-order chi connectivity index (χ0) is 18.4. The number of rotatable bonds is 5. The molecular formula is C17H15F3N2O3. The van der Waals surface area contributed by atoms with Gasteiger partial charge < -0.3 is 14.9 Å². The number of nitrogens with one attached hydrogen (secondary N) is 1. The third kappa shape index (κ3) is 4.50. The van der Waals surface area contributed by atoms with Crippen molar-refractivity contribution in [3.63, 3.8) is 0 Å². The number of amides is 1. The van der Waals surface area contributed by atoms with Crippen LogP contribution >= 0.6 is 0 Å². The maximum atomic E-state index is 12.8. The van der Waals surface area contributed by atoms with Crippen LogP contribution in [0.5, 0.6) is 11.5 Å². The summed E-state index contributed by atoms with van der Waals surface area (Å²) in [5.41, 5.74) is -0.617. The van der Waals surface area contributed by atoms with Crippen LogP contribution in [0, 0.1) is 0 Å². The van der Waals surface area contributed by atoms with Gasteiger partial charge in [-0.05, 0) is 30.3 Å². The first-order valence-corrected chi connectivity index (χ1v) is 7.14. The molecule has 0 aliphatic rings. The molecule has 8 heteroatoms. The molecule has 25 heavy (non-hydrogen) atoms. The lowest BCUT2D eigenvalue weighted by Crippen LogP contribution is -2.28. The van der Waals surface area contributed by atoms with Gasteiger partial charge in [-0.2, -0.15) is 13.2 Å². The Morgan fingerprint density at radius 1 is 1.12 bits per heavy atom. The van der Waals surface area contributed by atoms with E-state index in [4.69, 9.17) is 4.74 Å². The van der Waals surface area contributed by atoms with E-state index in [1.54, 1.807) is 18.2 Å². The molecule has 0 radical (unpaired) electrons. The average molecular weight is 352 g/mol. The van der Waals surface area contributed by atoms with Crippen molar-refractivity contribution in [2.45, 2.75) is 6.18 Å². The normalized spacial score (nSPS) is 11.8. The first kappa shape index (κ1) is 18.3. The predicted octanol–water partition coefficient (Wildman–Crippen LogP) is 3.59. The fraction of sp³-hybridized carbons (Fsp3) is 0.176. The predicted molar refractivity (Wildman–Crippen MR) is 85.6 cm³/mol. The minimum absolute atomic E-state index is 0.0176. The van der Waals surface area contributed by atoms with Crippen molar-refractivity contribution in [3.8, 4) is 11.5 Å². The van der Waals surface area contributed by atoms with Gasteiger partial charge in [0, 0.05) is 7.05 Å². The van der Waals surface area contributed by atoms with E-state index in [1.165, 1.54) is 32.4 Å². The molecule has 2 aromatic carbocycles. The maximum absolute atomic E-state index is 12.8. The van der Waals surface area contributed by atoms with Gasteiger partial charge in [-0.25, -0.2) is 0 Å². The molecule has 2 aromatic rings. The summed E-state index contributed by atoms with van der Waals surface area (Å²) >= 11 is 0. The number of alkyl halides is 3. The molecule has 0 aliphatic heterocycles. The lowest BCUT2D eigenvalue weighted by Gasteiger charge is -2.13. The van der Waals surface area contributed by atoms with Gasteiger partial charge in [0.2, 0.25) is 0 Å². The molecule has 0 saturated carbocycles. The summed E-state index contributed by atoms with van der Waals surface area (Å²) in [6, 6.07) is 10.8. The molecule has 0 aliphatic carbocycles. The molecule has 0 spiro atoms. The zero-order valence-corrected chi connectivity index (χ0v) is 13.4. The summed E-state index contributed by atoms with van der Waals surface area (Å²) in [5, 5.41) is 6.08. The molecule has 132 valence electrons. The lowest BCUT2D eigenvalue weighted by atomic mass is 10.1. The third-order valence-electron chi connectivity index (χ3n) is 3.16. The number of nitrogens with zero attached hydrogens (tertiary/aromatic N) is 1. The number of ether oxygens (including phenoxy) is 1. The Labute approximate surface area is 142 Å². The van der Waals surface area contributed by atoms with E-state index < -0.39 is 17.6 Å². The Morgan fingerprint density at radius 3 is 2.48 bits per heavy atom. The van der Waals surface area contributed by atoms with Crippen LogP contribution in [0.4, 0.5) is 13.2 Å². The monoisotopic (exact) mass is 352 g/mol. The van der Waals surface area contributed by atoms with E-state index >= 15 is 0 Å². The van der Waals surface area contributed by atoms with E-state index in [0.29, 0.717) is 0 Å². The van der Waals surface area contributed by atoms with Crippen molar-refractivity contribution >= 4 is 11.6 Å². The van der Waals surface area contributed by atoms with Crippen LogP contribution < -0.4 is 10.1 Å². The molecule has 2 rings (SSSR count). The Morgan fingerprint density at radius 2 is 1.84 bits per heavy atom. The summed E-state index contributed by atoms with van der Waals surface area (Å²) in [5.74, 6) is -0.376. The van der Waals surface area contributed by atoms with Crippen LogP contribution in [0.25, 0.3) is 0 Å². The quantitative estimate of drug-likeness (QED) is 0.661. The zero-order valence-electron chi connectivity index (χ0n) is 13.4. The summed E-state index contributed by atoms with van der Waals surface area (Å²) < 4.78 is 44.0. The van der Waals surface area contributed by atoms with E-state index in [9.17, 15) is 18.0 Å². The van der Waals surface area contributed by atoms with Crippen LogP contribution in [0.1, 0.15) is 11.1 Å². The number of hydrogen-bond donors (Lipinski definition) is 1. The van der Waals surface area contributed by atoms with Gasteiger partial charge in [-0.3, -0.25) is 4.79 Å². The number of carbonyl (C=O) groups is 1. The Balaban J connectivity index is 2.42. The highest BCUT2D eigenvalue weighted by atomic mass is 19.4. The molecule has 5 nitrogen and oxygen atoms in total. The topological polar surface area (TPSA) is 59.9 Å². The van der Waals surface area contributed by atoms with Crippen LogP contribution in [-0.2, 0) is 15.8 Å². The molecule has 0 atom stereocenters. The first-order valence-electron chi connectivity index (χ1n) is 7.14. The number of benzene rings is 2. The lowest BCUT2D eigenvalue weighted by molar-refractivity contribution is -0.137. The Kier molecular flexibility index (Phi) is 5.63. The van der Waals surface area contributed by atoms with Gasteiger partial charge in [-0.15, -0.1) is 0 Å². The minimum atomic E-state index is -4.48. The van der Waals surface area contributed by atoms with Gasteiger partial charge in [-0.1, -0.05) is 23.4 Å². The van der Waals surface area contributed by atoms with E-state index in [2.05, 4.69) is 15.3 Å². The molecular weight excluding hydrogens is 337 g/mol. The number of likely N-dealkylation sites (N-methyl/N-ethyl adjacent to an activating group) is 1. The van der Waals surface area contributed by atoms with Gasteiger partial charge >= 0.3 is 6.18 Å². The van der Waals surface area contributed by atoms with Crippen molar-refractivity contribution in [2.24, 2.45) is 5.16 Å². The van der Waals surface area contributed by atoms with Crippen LogP contribution in [-0.4, -0.2) is 25.8 Å². The fourth-order valence-electron chi connectivity index (χ4n) is 2.04. The van der Waals surface area contributed by atoms with E-state index in [0.717, 1.165) is 12.1 Å². The van der Waals surface area contributed by atoms with E-state index in [-0.39, 0.29) is 22.8 Å². The van der Waals surface area contributed by atoms with Crippen LogP contribution in [0.2, 0.25) is 0 Å². The van der Waals surface area contributed by atoms with E-state index in [1.807, 2.05) is 0 Å². The molecule has 0 aromatic heterocycles. The second-order valence-corrected chi connectivity index (χ2v) is 4.83. The van der Waals surface area contributed by atoms with Gasteiger partial charge in [0.15, 0.2) is 5.71 Å².